The second kappa shape index (κ2) is 5.07. The van der Waals surface area contributed by atoms with Gasteiger partial charge in [0.1, 0.15) is 6.10 Å². The summed E-state index contributed by atoms with van der Waals surface area (Å²) in [6.45, 7) is 4.47. The summed E-state index contributed by atoms with van der Waals surface area (Å²) in [5.74, 6) is 0. The van der Waals surface area contributed by atoms with Gasteiger partial charge in [-0.1, -0.05) is 0 Å². The Balaban J connectivity index is 2.23. The Morgan fingerprint density at radius 1 is 1.69 bits per heavy atom. The summed E-state index contributed by atoms with van der Waals surface area (Å²) in [5.41, 5.74) is 0. The fourth-order valence-electron chi connectivity index (χ4n) is 1.55. The first kappa shape index (κ1) is 10.3. The molecular formula is C9H18N2O2. The fourth-order valence-corrected chi connectivity index (χ4v) is 1.55. The van der Waals surface area contributed by atoms with Crippen molar-refractivity contribution in [1.82, 2.24) is 10.2 Å². The molecule has 0 aliphatic carbocycles. The van der Waals surface area contributed by atoms with Gasteiger partial charge in [0.15, 0.2) is 0 Å². The average molecular weight is 186 g/mol. The van der Waals surface area contributed by atoms with Crippen molar-refractivity contribution in [1.29, 1.82) is 0 Å². The lowest BCUT2D eigenvalue weighted by molar-refractivity contribution is 0.0511. The monoisotopic (exact) mass is 186 g/mol. The largest absolute Gasteiger partial charge is 0.445 e. The van der Waals surface area contributed by atoms with Gasteiger partial charge >= 0.3 is 6.09 Å². The molecule has 1 aliphatic heterocycles. The quantitative estimate of drug-likeness (QED) is 0.694. The Hall–Kier alpha value is -0.770. The number of likely N-dealkylation sites (tertiary alicyclic amines) is 1. The molecule has 0 aromatic carbocycles. The smallest absolute Gasteiger partial charge is 0.407 e. The Labute approximate surface area is 79.2 Å². The average Bonchev–Trinajstić information content (AvgIpc) is 2.04. The molecule has 76 valence electrons. The summed E-state index contributed by atoms with van der Waals surface area (Å²) in [6, 6.07) is 0. The second-order valence-electron chi connectivity index (χ2n) is 3.46. The lowest BCUT2D eigenvalue weighted by atomic mass is 10.1. The van der Waals surface area contributed by atoms with E-state index in [0.29, 0.717) is 6.54 Å². The van der Waals surface area contributed by atoms with Crippen molar-refractivity contribution in [3.8, 4) is 0 Å². The number of ether oxygens (including phenoxy) is 1. The molecule has 1 rings (SSSR count). The lowest BCUT2D eigenvalue weighted by Crippen LogP contribution is -2.40. The first-order valence-electron chi connectivity index (χ1n) is 4.85. The minimum absolute atomic E-state index is 0.0744. The van der Waals surface area contributed by atoms with Crippen LogP contribution in [-0.4, -0.2) is 43.8 Å². The zero-order chi connectivity index (χ0) is 9.68. The minimum atomic E-state index is -0.289. The van der Waals surface area contributed by atoms with Crippen molar-refractivity contribution < 1.29 is 9.53 Å². The van der Waals surface area contributed by atoms with Gasteiger partial charge in [-0.15, -0.1) is 0 Å². The molecule has 4 nitrogen and oxygen atoms in total. The van der Waals surface area contributed by atoms with Crippen molar-refractivity contribution in [2.75, 3.05) is 26.7 Å². The maximum atomic E-state index is 11.1. The number of carbonyl (C=O) groups is 1. The van der Waals surface area contributed by atoms with Gasteiger partial charge < -0.3 is 15.0 Å². The molecule has 0 radical (unpaired) electrons. The fraction of sp³-hybridized carbons (Fsp3) is 0.889. The van der Waals surface area contributed by atoms with E-state index in [1.165, 1.54) is 0 Å². The van der Waals surface area contributed by atoms with Gasteiger partial charge in [0, 0.05) is 13.1 Å². The molecule has 1 saturated heterocycles. The molecule has 1 heterocycles. The molecule has 1 amide bonds. The highest BCUT2D eigenvalue weighted by atomic mass is 16.6. The van der Waals surface area contributed by atoms with E-state index in [4.69, 9.17) is 4.74 Å². The Morgan fingerprint density at radius 2 is 2.46 bits per heavy atom. The van der Waals surface area contributed by atoms with Gasteiger partial charge in [0.25, 0.3) is 0 Å². The summed E-state index contributed by atoms with van der Waals surface area (Å²) in [7, 11) is 2.05. The van der Waals surface area contributed by atoms with Crippen LogP contribution in [0.1, 0.15) is 19.8 Å². The predicted octanol–water partition coefficient (Wildman–Crippen LogP) is 0.827. The summed E-state index contributed by atoms with van der Waals surface area (Å²) in [6.07, 6.45) is 1.88. The van der Waals surface area contributed by atoms with Crippen LogP contribution in [-0.2, 0) is 4.74 Å². The summed E-state index contributed by atoms with van der Waals surface area (Å²) < 4.78 is 5.21. The Kier molecular flexibility index (Phi) is 4.02. The van der Waals surface area contributed by atoms with Crippen molar-refractivity contribution >= 4 is 6.09 Å². The van der Waals surface area contributed by atoms with Crippen LogP contribution in [0.2, 0.25) is 0 Å². The van der Waals surface area contributed by atoms with E-state index in [0.717, 1.165) is 25.9 Å². The highest BCUT2D eigenvalue weighted by Crippen LogP contribution is 2.11. The minimum Gasteiger partial charge on any atom is -0.445 e. The van der Waals surface area contributed by atoms with E-state index >= 15 is 0 Å². The number of alkyl carbamates (subject to hydrolysis) is 1. The number of piperidine rings is 1. The Morgan fingerprint density at radius 3 is 3.08 bits per heavy atom. The highest BCUT2D eigenvalue weighted by Gasteiger charge is 2.20. The first-order valence-corrected chi connectivity index (χ1v) is 4.85. The summed E-state index contributed by atoms with van der Waals surface area (Å²) in [5, 5.41) is 2.63. The van der Waals surface area contributed by atoms with E-state index in [2.05, 4.69) is 10.2 Å². The molecule has 0 aromatic heterocycles. The van der Waals surface area contributed by atoms with Crippen molar-refractivity contribution in [3.05, 3.63) is 0 Å². The number of rotatable bonds is 2. The molecule has 13 heavy (non-hydrogen) atoms. The topological polar surface area (TPSA) is 41.6 Å². The summed E-state index contributed by atoms with van der Waals surface area (Å²) in [4.78, 5) is 13.3. The van der Waals surface area contributed by atoms with Crippen LogP contribution in [0.3, 0.4) is 0 Å². The molecule has 4 heteroatoms. The van der Waals surface area contributed by atoms with Crippen molar-refractivity contribution in [2.45, 2.75) is 25.9 Å². The molecule has 1 atom stereocenters. The predicted molar refractivity (Wildman–Crippen MR) is 50.7 cm³/mol. The molecule has 1 aliphatic rings. The van der Waals surface area contributed by atoms with Crippen LogP contribution in [0.15, 0.2) is 0 Å². The SMILES string of the molecule is CCNC(=O)OC1CCCN(C)C1. The van der Waals surface area contributed by atoms with Crippen LogP contribution in [0.25, 0.3) is 0 Å². The number of carbonyl (C=O) groups excluding carboxylic acids is 1. The van der Waals surface area contributed by atoms with Gasteiger partial charge in [-0.2, -0.15) is 0 Å². The third-order valence-corrected chi connectivity index (χ3v) is 2.18. The number of nitrogens with one attached hydrogen (secondary N) is 1. The third kappa shape index (κ3) is 3.63. The van der Waals surface area contributed by atoms with Crippen molar-refractivity contribution in [2.24, 2.45) is 0 Å². The molecular weight excluding hydrogens is 168 g/mol. The lowest BCUT2D eigenvalue weighted by Gasteiger charge is -2.29. The second-order valence-corrected chi connectivity index (χ2v) is 3.46. The first-order chi connectivity index (χ1) is 6.22. The summed E-state index contributed by atoms with van der Waals surface area (Å²) >= 11 is 0. The van der Waals surface area contributed by atoms with Crippen LogP contribution < -0.4 is 5.32 Å². The number of nitrogens with zero attached hydrogens (tertiary/aromatic N) is 1. The van der Waals surface area contributed by atoms with Gasteiger partial charge in [-0.05, 0) is 33.4 Å². The zero-order valence-corrected chi connectivity index (χ0v) is 8.38. The van der Waals surface area contributed by atoms with E-state index in [9.17, 15) is 4.79 Å². The molecule has 0 bridgehead atoms. The molecule has 1 unspecified atom stereocenters. The van der Waals surface area contributed by atoms with E-state index < -0.39 is 0 Å². The van der Waals surface area contributed by atoms with Crippen LogP contribution in [0.5, 0.6) is 0 Å². The number of likely N-dealkylation sites (N-methyl/N-ethyl adjacent to an activating group) is 1. The molecule has 0 spiro atoms. The van der Waals surface area contributed by atoms with E-state index in [1.54, 1.807) is 0 Å². The highest BCUT2D eigenvalue weighted by molar-refractivity contribution is 5.67. The molecule has 1 fully saturated rings. The standard InChI is InChI=1S/C9H18N2O2/c1-3-10-9(12)13-8-5-4-6-11(2)7-8/h8H,3-7H2,1-2H3,(H,10,12). The zero-order valence-electron chi connectivity index (χ0n) is 8.38. The number of hydrogen-bond donors (Lipinski definition) is 1. The van der Waals surface area contributed by atoms with Crippen LogP contribution in [0.4, 0.5) is 4.79 Å². The number of hydrogen-bond acceptors (Lipinski definition) is 3. The van der Waals surface area contributed by atoms with Gasteiger partial charge in [0.2, 0.25) is 0 Å². The maximum Gasteiger partial charge on any atom is 0.407 e. The van der Waals surface area contributed by atoms with Crippen LogP contribution >= 0.6 is 0 Å². The van der Waals surface area contributed by atoms with E-state index in [-0.39, 0.29) is 12.2 Å². The van der Waals surface area contributed by atoms with Crippen molar-refractivity contribution in [3.63, 3.8) is 0 Å². The third-order valence-electron chi connectivity index (χ3n) is 2.18. The maximum absolute atomic E-state index is 11.1. The Bertz CT molecular complexity index is 173. The van der Waals surface area contributed by atoms with Crippen LogP contribution in [0, 0.1) is 0 Å². The molecule has 0 aromatic rings. The van der Waals surface area contributed by atoms with E-state index in [1.807, 2.05) is 14.0 Å². The van der Waals surface area contributed by atoms with Gasteiger partial charge in [0.05, 0.1) is 0 Å². The normalized spacial score (nSPS) is 24.0. The molecule has 0 saturated carbocycles. The van der Waals surface area contributed by atoms with Gasteiger partial charge in [-0.3, -0.25) is 0 Å². The van der Waals surface area contributed by atoms with Gasteiger partial charge in [-0.25, -0.2) is 4.79 Å². The number of amides is 1. The molecule has 1 N–H and O–H groups in total.